The van der Waals surface area contributed by atoms with Crippen molar-refractivity contribution in [2.75, 3.05) is 0 Å². The largest absolute Gasteiger partial charge is 0.433 e. The standard InChI is InChI=1S/C19H32BF3NO3Si/c1-16(2,3)28(8,9)26-12-13-10-15(19(21,22)23)24-11-14(13)20-27-18(6,7)17(4,5)25/h10-11,25H,12H2,1-9H3. The minimum atomic E-state index is -4.54. The van der Waals surface area contributed by atoms with Crippen LogP contribution in [0.4, 0.5) is 13.2 Å². The van der Waals surface area contributed by atoms with Crippen molar-refractivity contribution in [2.24, 2.45) is 0 Å². The molecule has 0 unspecified atom stereocenters. The van der Waals surface area contributed by atoms with Crippen LogP contribution in [0.25, 0.3) is 0 Å². The number of rotatable bonds is 7. The van der Waals surface area contributed by atoms with Gasteiger partial charge in [0.2, 0.25) is 0 Å². The number of nitrogens with zero attached hydrogens (tertiary/aromatic N) is 1. The van der Waals surface area contributed by atoms with Gasteiger partial charge < -0.3 is 14.2 Å². The molecule has 9 heteroatoms. The molecular formula is C19H32BF3NO3Si. The summed E-state index contributed by atoms with van der Waals surface area (Å²) in [6.07, 6.45) is -3.41. The third kappa shape index (κ3) is 6.30. The monoisotopic (exact) mass is 418 g/mol. The van der Waals surface area contributed by atoms with E-state index in [2.05, 4.69) is 25.8 Å². The minimum Gasteiger partial charge on any atom is -0.427 e. The highest BCUT2D eigenvalue weighted by molar-refractivity contribution is 6.74. The maximum atomic E-state index is 13.1. The summed E-state index contributed by atoms with van der Waals surface area (Å²) < 4.78 is 51.2. The van der Waals surface area contributed by atoms with E-state index in [1.807, 2.05) is 13.1 Å². The van der Waals surface area contributed by atoms with Gasteiger partial charge in [0, 0.05) is 6.20 Å². The van der Waals surface area contributed by atoms with Crippen molar-refractivity contribution in [3.8, 4) is 0 Å². The molecule has 28 heavy (non-hydrogen) atoms. The molecule has 0 spiro atoms. The molecule has 0 atom stereocenters. The number of pyridine rings is 1. The Bertz CT molecular complexity index is 680. The molecule has 159 valence electrons. The highest BCUT2D eigenvalue weighted by atomic mass is 28.4. The average Bonchev–Trinajstić information content (AvgIpc) is 2.48. The Hall–Kier alpha value is -0.898. The molecule has 1 radical (unpaired) electrons. The zero-order chi connectivity index (χ0) is 22.2. The van der Waals surface area contributed by atoms with Gasteiger partial charge in [-0.1, -0.05) is 20.8 Å². The van der Waals surface area contributed by atoms with Crippen molar-refractivity contribution >= 4 is 21.3 Å². The van der Waals surface area contributed by atoms with Gasteiger partial charge in [0.15, 0.2) is 8.32 Å². The first-order chi connectivity index (χ1) is 12.3. The SMILES string of the molecule is CC(C)(O)C(C)(C)O[B]c1cnc(C(F)(F)F)cc1CO[Si](C)(C)C(C)(C)C. The second kappa shape index (κ2) is 8.09. The first-order valence-electron chi connectivity index (χ1n) is 9.21. The quantitative estimate of drug-likeness (QED) is 0.666. The molecule has 0 aliphatic carbocycles. The fraction of sp³-hybridized carbons (Fsp3) is 0.737. The van der Waals surface area contributed by atoms with E-state index < -0.39 is 31.4 Å². The van der Waals surface area contributed by atoms with Gasteiger partial charge in [-0.2, -0.15) is 13.2 Å². The summed E-state index contributed by atoms with van der Waals surface area (Å²) in [5, 5.41) is 10.1. The van der Waals surface area contributed by atoms with Crippen LogP contribution in [0.3, 0.4) is 0 Å². The number of hydrogen-bond donors (Lipinski definition) is 1. The lowest BCUT2D eigenvalue weighted by molar-refractivity contribution is -0.141. The van der Waals surface area contributed by atoms with Crippen LogP contribution in [0.15, 0.2) is 12.3 Å². The Morgan fingerprint density at radius 3 is 2.04 bits per heavy atom. The van der Waals surface area contributed by atoms with Gasteiger partial charge >= 0.3 is 13.7 Å². The Kier molecular flexibility index (Phi) is 7.26. The van der Waals surface area contributed by atoms with Crippen molar-refractivity contribution in [1.82, 2.24) is 4.98 Å². The number of aliphatic hydroxyl groups is 1. The predicted molar refractivity (Wildman–Crippen MR) is 108 cm³/mol. The molecule has 1 N–H and O–H groups in total. The van der Waals surface area contributed by atoms with Crippen LogP contribution in [-0.4, -0.2) is 37.1 Å². The van der Waals surface area contributed by atoms with Gasteiger partial charge in [-0.3, -0.25) is 4.98 Å². The summed E-state index contributed by atoms with van der Waals surface area (Å²) in [6, 6.07) is 0.999. The number of aromatic nitrogens is 1. The molecule has 1 heterocycles. The lowest BCUT2D eigenvalue weighted by Gasteiger charge is -2.38. The van der Waals surface area contributed by atoms with Crippen LogP contribution >= 0.6 is 0 Å². The van der Waals surface area contributed by atoms with E-state index in [1.54, 1.807) is 27.7 Å². The summed E-state index contributed by atoms with van der Waals surface area (Å²) in [4.78, 5) is 3.52. The summed E-state index contributed by atoms with van der Waals surface area (Å²) in [5.41, 5.74) is -2.34. The summed E-state index contributed by atoms with van der Waals surface area (Å²) in [5.74, 6) is 0. The maximum Gasteiger partial charge on any atom is 0.433 e. The molecule has 1 rings (SSSR count). The Morgan fingerprint density at radius 1 is 1.07 bits per heavy atom. The normalized spacial score (nSPS) is 14.3. The van der Waals surface area contributed by atoms with Gasteiger partial charge in [-0.15, -0.1) is 0 Å². The van der Waals surface area contributed by atoms with E-state index in [9.17, 15) is 18.3 Å². The fourth-order valence-corrected chi connectivity index (χ4v) is 2.67. The summed E-state index contributed by atoms with van der Waals surface area (Å²) in [6.45, 7) is 16.9. The first-order valence-corrected chi connectivity index (χ1v) is 12.1. The van der Waals surface area contributed by atoms with Crippen LogP contribution in [0.5, 0.6) is 0 Å². The Labute approximate surface area is 168 Å². The molecule has 0 aromatic carbocycles. The van der Waals surface area contributed by atoms with Crippen LogP contribution in [0.1, 0.15) is 59.7 Å². The van der Waals surface area contributed by atoms with E-state index in [-0.39, 0.29) is 11.6 Å². The van der Waals surface area contributed by atoms with Crippen LogP contribution in [0, 0.1) is 0 Å². The maximum absolute atomic E-state index is 13.1. The van der Waals surface area contributed by atoms with Crippen LogP contribution in [0.2, 0.25) is 18.1 Å². The van der Waals surface area contributed by atoms with Gasteiger partial charge in [-0.25, -0.2) is 0 Å². The molecule has 0 aliphatic heterocycles. The van der Waals surface area contributed by atoms with Crippen LogP contribution < -0.4 is 5.46 Å². The highest BCUT2D eigenvalue weighted by Crippen LogP contribution is 2.37. The lowest BCUT2D eigenvalue weighted by Crippen LogP contribution is -2.49. The average molecular weight is 418 g/mol. The second-order valence-corrected chi connectivity index (χ2v) is 14.4. The van der Waals surface area contributed by atoms with E-state index in [4.69, 9.17) is 9.08 Å². The predicted octanol–water partition coefficient (Wildman–Crippen LogP) is 4.43. The van der Waals surface area contributed by atoms with Gasteiger partial charge in [0.25, 0.3) is 0 Å². The second-order valence-electron chi connectivity index (χ2n) is 9.62. The number of hydrogen-bond acceptors (Lipinski definition) is 4. The van der Waals surface area contributed by atoms with E-state index in [1.165, 1.54) is 7.48 Å². The molecule has 1 aromatic heterocycles. The molecule has 0 fully saturated rings. The fourth-order valence-electron chi connectivity index (χ4n) is 1.72. The Balaban J connectivity index is 3.16. The molecule has 0 saturated carbocycles. The number of halogens is 3. The molecule has 0 bridgehead atoms. The lowest BCUT2D eigenvalue weighted by atomic mass is 9.81. The van der Waals surface area contributed by atoms with Crippen molar-refractivity contribution < 1.29 is 27.4 Å². The van der Waals surface area contributed by atoms with E-state index >= 15 is 0 Å². The summed E-state index contributed by atoms with van der Waals surface area (Å²) in [7, 11) is -0.817. The number of alkyl halides is 3. The molecular weight excluding hydrogens is 386 g/mol. The molecule has 0 aliphatic rings. The van der Waals surface area contributed by atoms with Crippen molar-refractivity contribution in [3.05, 3.63) is 23.5 Å². The zero-order valence-electron chi connectivity index (χ0n) is 18.3. The van der Waals surface area contributed by atoms with Crippen molar-refractivity contribution in [2.45, 2.75) is 90.6 Å². The van der Waals surface area contributed by atoms with E-state index in [0.29, 0.717) is 11.0 Å². The smallest absolute Gasteiger partial charge is 0.427 e. The van der Waals surface area contributed by atoms with Gasteiger partial charge in [0.05, 0.1) is 17.8 Å². The zero-order valence-corrected chi connectivity index (χ0v) is 19.3. The highest BCUT2D eigenvalue weighted by Gasteiger charge is 2.39. The van der Waals surface area contributed by atoms with Crippen molar-refractivity contribution in [1.29, 1.82) is 0 Å². The molecule has 0 amide bonds. The van der Waals surface area contributed by atoms with Crippen molar-refractivity contribution in [3.63, 3.8) is 0 Å². The third-order valence-corrected chi connectivity index (χ3v) is 10.1. The molecule has 4 nitrogen and oxygen atoms in total. The molecule has 1 aromatic rings. The minimum absolute atomic E-state index is 0.0280. The van der Waals surface area contributed by atoms with E-state index in [0.717, 1.165) is 12.3 Å². The van der Waals surface area contributed by atoms with Gasteiger partial charge in [0.1, 0.15) is 5.69 Å². The van der Waals surface area contributed by atoms with Crippen LogP contribution in [-0.2, 0) is 21.9 Å². The third-order valence-electron chi connectivity index (χ3n) is 5.66. The summed E-state index contributed by atoms with van der Waals surface area (Å²) >= 11 is 0. The molecule has 0 saturated heterocycles. The van der Waals surface area contributed by atoms with Gasteiger partial charge in [-0.05, 0) is 62.9 Å². The topological polar surface area (TPSA) is 51.6 Å². The Morgan fingerprint density at radius 2 is 1.61 bits per heavy atom. The first kappa shape index (κ1) is 25.1.